The smallest absolute Gasteiger partial charge is 0.341 e. The van der Waals surface area contributed by atoms with Gasteiger partial charge in [0.2, 0.25) is 5.75 Å². The molecular formula is C19H24N2O8. The monoisotopic (exact) mass is 408 g/mol. The topological polar surface area (TPSA) is 122 Å². The van der Waals surface area contributed by atoms with Gasteiger partial charge in [0.25, 0.3) is 0 Å². The largest absolute Gasteiger partial charge is 0.493 e. The number of hydrogen-bond acceptors (Lipinski definition) is 8. The molecular weight excluding hydrogens is 384 g/mol. The summed E-state index contributed by atoms with van der Waals surface area (Å²) in [7, 11) is 4.29. The van der Waals surface area contributed by atoms with Crippen LogP contribution in [0, 0.1) is 5.92 Å². The van der Waals surface area contributed by atoms with Crippen molar-refractivity contribution >= 4 is 23.7 Å². The Hall–Kier alpha value is -3.30. The Morgan fingerprint density at radius 3 is 2.21 bits per heavy atom. The van der Waals surface area contributed by atoms with Crippen LogP contribution in [-0.2, 0) is 14.3 Å². The lowest BCUT2D eigenvalue weighted by Gasteiger charge is -2.27. The third-order valence-corrected chi connectivity index (χ3v) is 4.25. The number of aliphatic imine (C=N–C) groups is 1. The van der Waals surface area contributed by atoms with Crippen molar-refractivity contribution in [2.24, 2.45) is 10.9 Å². The van der Waals surface area contributed by atoms with E-state index in [1.165, 1.54) is 33.5 Å². The molecule has 1 aromatic carbocycles. The molecule has 2 amide bonds. The van der Waals surface area contributed by atoms with E-state index in [0.29, 0.717) is 5.75 Å². The molecule has 0 aromatic heterocycles. The SMILES string of the molecule is CCOC(=O)C1C(COC(=O)c2cc(OC)c(OC)c(OC)c2)=NC(=O)NC1C. The first-order chi connectivity index (χ1) is 13.9. The van der Waals surface area contributed by atoms with Crippen LogP contribution in [0.2, 0.25) is 0 Å². The van der Waals surface area contributed by atoms with Crippen molar-refractivity contribution in [3.05, 3.63) is 17.7 Å². The zero-order valence-electron chi connectivity index (χ0n) is 16.9. The van der Waals surface area contributed by atoms with Gasteiger partial charge >= 0.3 is 18.0 Å². The van der Waals surface area contributed by atoms with Gasteiger partial charge in [0.1, 0.15) is 12.5 Å². The zero-order valence-corrected chi connectivity index (χ0v) is 16.9. The van der Waals surface area contributed by atoms with Gasteiger partial charge in [-0.3, -0.25) is 4.79 Å². The minimum absolute atomic E-state index is 0.112. The molecule has 1 aromatic rings. The van der Waals surface area contributed by atoms with Gasteiger partial charge in [0.05, 0.1) is 39.2 Å². The van der Waals surface area contributed by atoms with Crippen molar-refractivity contribution in [2.45, 2.75) is 19.9 Å². The molecule has 1 N–H and O–H groups in total. The first-order valence-corrected chi connectivity index (χ1v) is 8.87. The number of methoxy groups -OCH3 is 3. The molecule has 158 valence electrons. The van der Waals surface area contributed by atoms with Crippen molar-refractivity contribution in [3.8, 4) is 17.2 Å². The van der Waals surface area contributed by atoms with Crippen molar-refractivity contribution in [2.75, 3.05) is 34.5 Å². The van der Waals surface area contributed by atoms with Gasteiger partial charge in [-0.05, 0) is 26.0 Å². The second kappa shape index (κ2) is 9.76. The van der Waals surface area contributed by atoms with Crippen molar-refractivity contribution in [1.29, 1.82) is 0 Å². The number of esters is 2. The van der Waals surface area contributed by atoms with Crippen molar-refractivity contribution < 1.29 is 38.1 Å². The predicted octanol–water partition coefficient (Wildman–Crippen LogP) is 1.60. The van der Waals surface area contributed by atoms with Crippen molar-refractivity contribution in [1.82, 2.24) is 5.32 Å². The van der Waals surface area contributed by atoms with Crippen LogP contribution in [0.25, 0.3) is 0 Å². The summed E-state index contributed by atoms with van der Waals surface area (Å²) in [5.74, 6) is -1.22. The molecule has 2 atom stereocenters. The van der Waals surface area contributed by atoms with E-state index in [9.17, 15) is 14.4 Å². The fourth-order valence-corrected chi connectivity index (χ4v) is 2.91. The van der Waals surface area contributed by atoms with Crippen molar-refractivity contribution in [3.63, 3.8) is 0 Å². The third kappa shape index (κ3) is 4.95. The number of rotatable bonds is 8. The molecule has 2 rings (SSSR count). The lowest BCUT2D eigenvalue weighted by molar-refractivity contribution is -0.146. The lowest BCUT2D eigenvalue weighted by Crippen LogP contribution is -2.50. The van der Waals surface area contributed by atoms with E-state index in [1.807, 2.05) is 0 Å². The summed E-state index contributed by atoms with van der Waals surface area (Å²) in [6.45, 7) is 3.14. The highest BCUT2D eigenvalue weighted by molar-refractivity contribution is 6.10. The molecule has 0 fully saturated rings. The molecule has 0 radical (unpaired) electrons. The van der Waals surface area contributed by atoms with E-state index >= 15 is 0 Å². The van der Waals surface area contributed by atoms with Gasteiger partial charge in [-0.25, -0.2) is 9.59 Å². The molecule has 0 aliphatic carbocycles. The maximum absolute atomic E-state index is 12.5. The fraction of sp³-hybridized carbons (Fsp3) is 0.474. The first-order valence-electron chi connectivity index (χ1n) is 8.87. The number of carbonyl (C=O) groups excluding carboxylic acids is 3. The van der Waals surface area contributed by atoms with Gasteiger partial charge in [-0.1, -0.05) is 0 Å². The molecule has 1 aliphatic heterocycles. The standard InChI is InChI=1S/C19H24N2O8/c1-6-28-18(23)15-10(2)20-19(24)21-12(15)9-29-17(22)11-7-13(25-3)16(27-5)14(8-11)26-4/h7-8,10,15H,6,9H2,1-5H3,(H,20,24). The molecule has 10 nitrogen and oxygen atoms in total. The summed E-state index contributed by atoms with van der Waals surface area (Å²) in [5.41, 5.74) is 0.251. The molecule has 0 saturated heterocycles. The number of urea groups is 1. The molecule has 0 saturated carbocycles. The van der Waals surface area contributed by atoms with Gasteiger partial charge in [0, 0.05) is 6.04 Å². The van der Waals surface area contributed by atoms with E-state index in [4.69, 9.17) is 23.7 Å². The van der Waals surface area contributed by atoms with Crippen LogP contribution >= 0.6 is 0 Å². The number of nitrogens with zero attached hydrogens (tertiary/aromatic N) is 1. The molecule has 29 heavy (non-hydrogen) atoms. The van der Waals surface area contributed by atoms with Crippen LogP contribution < -0.4 is 19.5 Å². The Labute approximate surface area is 168 Å². The Bertz CT molecular complexity index is 795. The highest BCUT2D eigenvalue weighted by Crippen LogP contribution is 2.38. The Morgan fingerprint density at radius 1 is 1.07 bits per heavy atom. The normalized spacial score (nSPS) is 18.2. The Morgan fingerprint density at radius 2 is 1.69 bits per heavy atom. The summed E-state index contributed by atoms with van der Waals surface area (Å²) >= 11 is 0. The number of benzene rings is 1. The second-order valence-electron chi connectivity index (χ2n) is 6.06. The van der Waals surface area contributed by atoms with Gasteiger partial charge in [-0.2, -0.15) is 4.99 Å². The number of carbonyl (C=O) groups is 3. The van der Waals surface area contributed by atoms with Gasteiger partial charge in [-0.15, -0.1) is 0 Å². The molecule has 2 unspecified atom stereocenters. The molecule has 10 heteroatoms. The Kier molecular flexibility index (Phi) is 7.40. The van der Waals surface area contributed by atoms with Gasteiger partial charge < -0.3 is 29.0 Å². The minimum atomic E-state index is -0.847. The summed E-state index contributed by atoms with van der Waals surface area (Å²) in [5, 5.41) is 2.55. The van der Waals surface area contributed by atoms with E-state index in [1.54, 1.807) is 13.8 Å². The zero-order chi connectivity index (χ0) is 21.6. The maximum Gasteiger partial charge on any atom is 0.341 e. The number of ether oxygens (including phenoxy) is 5. The molecule has 1 aliphatic rings. The van der Waals surface area contributed by atoms with E-state index in [-0.39, 0.29) is 36.0 Å². The van der Waals surface area contributed by atoms with Crippen LogP contribution in [0.1, 0.15) is 24.2 Å². The van der Waals surface area contributed by atoms with Crippen LogP contribution in [0.3, 0.4) is 0 Å². The Balaban J connectivity index is 2.22. The van der Waals surface area contributed by atoms with E-state index < -0.39 is 29.9 Å². The summed E-state index contributed by atoms with van der Waals surface area (Å²) in [6.07, 6.45) is 0. The quantitative estimate of drug-likeness (QED) is 0.644. The average molecular weight is 408 g/mol. The first kappa shape index (κ1) is 22.0. The average Bonchev–Trinajstić information content (AvgIpc) is 2.70. The minimum Gasteiger partial charge on any atom is -0.493 e. The number of amides is 2. The molecule has 0 bridgehead atoms. The summed E-state index contributed by atoms with van der Waals surface area (Å²) in [6, 6.07) is 1.71. The fourth-order valence-electron chi connectivity index (χ4n) is 2.91. The number of hydrogen-bond donors (Lipinski definition) is 1. The maximum atomic E-state index is 12.5. The van der Waals surface area contributed by atoms with Crippen LogP contribution in [0.4, 0.5) is 4.79 Å². The van der Waals surface area contributed by atoms with E-state index in [0.717, 1.165) is 0 Å². The van der Waals surface area contributed by atoms with Gasteiger partial charge in [0.15, 0.2) is 11.5 Å². The van der Waals surface area contributed by atoms with Crippen LogP contribution in [0.15, 0.2) is 17.1 Å². The van der Waals surface area contributed by atoms with Crippen LogP contribution in [0.5, 0.6) is 17.2 Å². The lowest BCUT2D eigenvalue weighted by atomic mass is 9.94. The second-order valence-corrected chi connectivity index (χ2v) is 6.06. The highest BCUT2D eigenvalue weighted by atomic mass is 16.5. The summed E-state index contributed by atoms with van der Waals surface area (Å²) in [4.78, 5) is 40.3. The summed E-state index contributed by atoms with van der Waals surface area (Å²) < 4.78 is 26.0. The van der Waals surface area contributed by atoms with E-state index in [2.05, 4.69) is 10.3 Å². The highest BCUT2D eigenvalue weighted by Gasteiger charge is 2.37. The molecule has 0 spiro atoms. The number of nitrogens with one attached hydrogen (secondary N) is 1. The van der Waals surface area contributed by atoms with Crippen LogP contribution in [-0.4, -0.2) is 64.3 Å². The molecule has 1 heterocycles. The predicted molar refractivity (Wildman–Crippen MR) is 102 cm³/mol. The third-order valence-electron chi connectivity index (χ3n) is 4.25.